The van der Waals surface area contributed by atoms with Crippen LogP contribution in [0.25, 0.3) is 11.0 Å². The van der Waals surface area contributed by atoms with Crippen LogP contribution in [-0.4, -0.2) is 18.5 Å². The topological polar surface area (TPSA) is 42.4 Å². The van der Waals surface area contributed by atoms with E-state index in [9.17, 15) is 0 Å². The molecule has 0 atom stereocenters. The SMILES string of the molecule is CN(Cc1c(CN)oc2ccccc12)CC1CCCCC1. The van der Waals surface area contributed by atoms with Crippen LogP contribution in [-0.2, 0) is 13.1 Å². The summed E-state index contributed by atoms with van der Waals surface area (Å²) in [4.78, 5) is 2.44. The molecular formula is C18H26N2O. The van der Waals surface area contributed by atoms with Crippen molar-refractivity contribution in [2.24, 2.45) is 11.7 Å². The van der Waals surface area contributed by atoms with Gasteiger partial charge in [0.25, 0.3) is 0 Å². The second-order valence-electron chi connectivity index (χ2n) is 6.40. The van der Waals surface area contributed by atoms with Gasteiger partial charge in [0.05, 0.1) is 6.54 Å². The number of fused-ring (bicyclic) bond motifs is 1. The summed E-state index contributed by atoms with van der Waals surface area (Å²) in [7, 11) is 2.22. The van der Waals surface area contributed by atoms with Crippen LogP contribution in [0.4, 0.5) is 0 Å². The molecule has 1 aromatic carbocycles. The van der Waals surface area contributed by atoms with Crippen LogP contribution < -0.4 is 5.73 Å². The van der Waals surface area contributed by atoms with E-state index in [0.29, 0.717) is 6.54 Å². The third kappa shape index (κ3) is 3.30. The van der Waals surface area contributed by atoms with E-state index >= 15 is 0 Å². The first-order valence-electron chi connectivity index (χ1n) is 8.16. The van der Waals surface area contributed by atoms with Gasteiger partial charge >= 0.3 is 0 Å². The van der Waals surface area contributed by atoms with Crippen LogP contribution in [0, 0.1) is 5.92 Å². The number of para-hydroxylation sites is 1. The summed E-state index contributed by atoms with van der Waals surface area (Å²) in [5.74, 6) is 1.80. The first-order chi connectivity index (χ1) is 10.3. The minimum absolute atomic E-state index is 0.473. The standard InChI is InChI=1S/C18H26N2O/c1-20(12-14-7-3-2-4-8-14)13-16-15-9-5-6-10-17(15)21-18(16)11-19/h5-6,9-10,14H,2-4,7-8,11-13,19H2,1H3. The van der Waals surface area contributed by atoms with Crippen molar-refractivity contribution in [3.63, 3.8) is 0 Å². The van der Waals surface area contributed by atoms with Crippen molar-refractivity contribution in [1.82, 2.24) is 4.90 Å². The number of hydrogen-bond acceptors (Lipinski definition) is 3. The highest BCUT2D eigenvalue weighted by atomic mass is 16.3. The third-order valence-electron chi connectivity index (χ3n) is 4.69. The molecule has 1 heterocycles. The molecule has 3 nitrogen and oxygen atoms in total. The summed E-state index contributed by atoms with van der Waals surface area (Å²) in [5, 5.41) is 1.22. The Kier molecular flexibility index (Phi) is 4.61. The van der Waals surface area contributed by atoms with Crippen molar-refractivity contribution < 1.29 is 4.42 Å². The first kappa shape index (κ1) is 14.6. The smallest absolute Gasteiger partial charge is 0.134 e. The molecule has 0 unspecified atom stereocenters. The molecule has 0 spiro atoms. The zero-order chi connectivity index (χ0) is 14.7. The predicted molar refractivity (Wildman–Crippen MR) is 87.0 cm³/mol. The molecule has 0 bridgehead atoms. The van der Waals surface area contributed by atoms with Gasteiger partial charge < -0.3 is 15.1 Å². The quantitative estimate of drug-likeness (QED) is 0.906. The third-order valence-corrected chi connectivity index (χ3v) is 4.69. The Labute approximate surface area is 127 Å². The van der Waals surface area contributed by atoms with Crippen LogP contribution >= 0.6 is 0 Å². The molecule has 0 amide bonds. The van der Waals surface area contributed by atoms with Crippen molar-refractivity contribution >= 4 is 11.0 Å². The van der Waals surface area contributed by atoms with Gasteiger partial charge in [-0.05, 0) is 31.9 Å². The van der Waals surface area contributed by atoms with E-state index in [0.717, 1.165) is 23.8 Å². The van der Waals surface area contributed by atoms with Gasteiger partial charge in [-0.3, -0.25) is 0 Å². The van der Waals surface area contributed by atoms with Gasteiger partial charge in [-0.2, -0.15) is 0 Å². The van der Waals surface area contributed by atoms with Crippen molar-refractivity contribution in [1.29, 1.82) is 0 Å². The fourth-order valence-electron chi connectivity index (χ4n) is 3.63. The summed E-state index contributed by atoms with van der Waals surface area (Å²) in [6.45, 7) is 2.59. The lowest BCUT2D eigenvalue weighted by molar-refractivity contribution is 0.227. The van der Waals surface area contributed by atoms with Gasteiger partial charge in [-0.15, -0.1) is 0 Å². The average molecular weight is 286 g/mol. The van der Waals surface area contributed by atoms with E-state index in [1.165, 1.54) is 49.6 Å². The Morgan fingerprint density at radius 3 is 2.71 bits per heavy atom. The first-order valence-corrected chi connectivity index (χ1v) is 8.16. The lowest BCUT2D eigenvalue weighted by Crippen LogP contribution is -2.27. The number of nitrogens with two attached hydrogens (primary N) is 1. The van der Waals surface area contributed by atoms with Gasteiger partial charge in [0.2, 0.25) is 0 Å². The number of furan rings is 1. The Balaban J connectivity index is 1.74. The van der Waals surface area contributed by atoms with Crippen molar-refractivity contribution in [3.8, 4) is 0 Å². The number of hydrogen-bond donors (Lipinski definition) is 1. The summed E-state index contributed by atoms with van der Waals surface area (Å²) in [5.41, 5.74) is 8.09. The number of rotatable bonds is 5. The van der Waals surface area contributed by atoms with Crippen LogP contribution in [0.5, 0.6) is 0 Å². The van der Waals surface area contributed by atoms with E-state index in [4.69, 9.17) is 10.2 Å². The molecule has 1 saturated carbocycles. The maximum atomic E-state index is 5.89. The highest BCUT2D eigenvalue weighted by Crippen LogP contribution is 2.28. The van der Waals surface area contributed by atoms with E-state index < -0.39 is 0 Å². The van der Waals surface area contributed by atoms with Crippen molar-refractivity contribution in [3.05, 3.63) is 35.6 Å². The lowest BCUT2D eigenvalue weighted by atomic mass is 9.89. The van der Waals surface area contributed by atoms with Gasteiger partial charge in [0.1, 0.15) is 11.3 Å². The van der Waals surface area contributed by atoms with Gasteiger partial charge in [-0.25, -0.2) is 0 Å². The molecular weight excluding hydrogens is 260 g/mol. The fourth-order valence-corrected chi connectivity index (χ4v) is 3.63. The molecule has 0 saturated heterocycles. The highest BCUT2D eigenvalue weighted by Gasteiger charge is 2.18. The molecule has 0 aliphatic heterocycles. The molecule has 0 radical (unpaired) electrons. The van der Waals surface area contributed by atoms with Crippen molar-refractivity contribution in [2.45, 2.75) is 45.2 Å². The molecule has 2 N–H and O–H groups in total. The van der Waals surface area contributed by atoms with Crippen LogP contribution in [0.2, 0.25) is 0 Å². The molecule has 1 aliphatic carbocycles. The summed E-state index contributed by atoms with van der Waals surface area (Å²) in [6, 6.07) is 8.26. The average Bonchev–Trinajstić information content (AvgIpc) is 2.86. The summed E-state index contributed by atoms with van der Waals surface area (Å²) < 4.78 is 5.89. The van der Waals surface area contributed by atoms with Crippen LogP contribution in [0.3, 0.4) is 0 Å². The minimum atomic E-state index is 0.473. The van der Waals surface area contributed by atoms with E-state index in [1.807, 2.05) is 12.1 Å². The summed E-state index contributed by atoms with van der Waals surface area (Å²) in [6.07, 6.45) is 7.01. The van der Waals surface area contributed by atoms with Crippen LogP contribution in [0.1, 0.15) is 43.4 Å². The Morgan fingerprint density at radius 2 is 1.95 bits per heavy atom. The molecule has 3 heteroatoms. The monoisotopic (exact) mass is 286 g/mol. The molecule has 1 aliphatic rings. The number of benzene rings is 1. The minimum Gasteiger partial charge on any atom is -0.459 e. The molecule has 3 rings (SSSR count). The Hall–Kier alpha value is -1.32. The fraction of sp³-hybridized carbons (Fsp3) is 0.556. The van der Waals surface area contributed by atoms with Gasteiger partial charge in [-0.1, -0.05) is 37.5 Å². The highest BCUT2D eigenvalue weighted by molar-refractivity contribution is 5.82. The molecule has 2 aromatic rings. The van der Waals surface area contributed by atoms with Crippen LogP contribution in [0.15, 0.2) is 28.7 Å². The molecule has 114 valence electrons. The second kappa shape index (κ2) is 6.63. The Bertz CT molecular complexity index is 584. The largest absolute Gasteiger partial charge is 0.459 e. The summed E-state index contributed by atoms with van der Waals surface area (Å²) >= 11 is 0. The predicted octanol–water partition coefficient (Wildman–Crippen LogP) is 3.90. The molecule has 21 heavy (non-hydrogen) atoms. The maximum Gasteiger partial charge on any atom is 0.134 e. The second-order valence-corrected chi connectivity index (χ2v) is 6.40. The zero-order valence-electron chi connectivity index (χ0n) is 13.0. The zero-order valence-corrected chi connectivity index (χ0v) is 13.0. The van der Waals surface area contributed by atoms with E-state index in [1.54, 1.807) is 0 Å². The van der Waals surface area contributed by atoms with Gasteiger partial charge in [0, 0.05) is 24.0 Å². The van der Waals surface area contributed by atoms with Crippen molar-refractivity contribution in [2.75, 3.05) is 13.6 Å². The van der Waals surface area contributed by atoms with E-state index in [-0.39, 0.29) is 0 Å². The maximum absolute atomic E-state index is 5.89. The molecule has 1 fully saturated rings. The number of nitrogens with zero attached hydrogens (tertiary/aromatic N) is 1. The lowest BCUT2D eigenvalue weighted by Gasteiger charge is -2.27. The molecule has 1 aromatic heterocycles. The normalized spacial score (nSPS) is 16.9. The van der Waals surface area contributed by atoms with E-state index in [2.05, 4.69) is 24.1 Å². The Morgan fingerprint density at radius 1 is 1.19 bits per heavy atom. The van der Waals surface area contributed by atoms with Gasteiger partial charge in [0.15, 0.2) is 0 Å².